The molecule has 0 saturated carbocycles. The Kier molecular flexibility index (Phi) is 6.29. The van der Waals surface area contributed by atoms with Gasteiger partial charge in [-0.3, -0.25) is 9.59 Å². The van der Waals surface area contributed by atoms with E-state index in [0.29, 0.717) is 22.9 Å². The van der Waals surface area contributed by atoms with Gasteiger partial charge in [0.2, 0.25) is 5.91 Å². The molecule has 13 heteroatoms. The molecule has 2 aromatic heterocycles. The van der Waals surface area contributed by atoms with Gasteiger partial charge in [-0.2, -0.15) is 23.4 Å². The van der Waals surface area contributed by atoms with Crippen molar-refractivity contribution in [2.24, 2.45) is 12.8 Å². The van der Waals surface area contributed by atoms with Crippen molar-refractivity contribution in [3.8, 4) is 11.4 Å². The first kappa shape index (κ1) is 26.4. The van der Waals surface area contributed by atoms with Crippen molar-refractivity contribution in [1.82, 2.24) is 24.1 Å². The number of hydrogen-bond donors (Lipinski definition) is 2. The molecule has 0 spiro atoms. The van der Waals surface area contributed by atoms with E-state index in [4.69, 9.17) is 5.73 Å². The van der Waals surface area contributed by atoms with Crippen LogP contribution in [0.3, 0.4) is 0 Å². The summed E-state index contributed by atoms with van der Waals surface area (Å²) in [4.78, 5) is 37.2. The van der Waals surface area contributed by atoms with Crippen LogP contribution in [0.1, 0.15) is 37.8 Å². The highest BCUT2D eigenvalue weighted by atomic mass is 19.4. The molecule has 0 aliphatic carbocycles. The standard InChI is InChI=1S/C27H22F3N7O3/c1-14-23-21(25(39)32-18-6-4-5-16(11-18)24(31)38)12-17(27(28,29)30)13-22(23)34-37(14)20-9-7-19(8-10-20)36-15(2)33-35(3)26(36)40/h4-13H,1-3H3,(H2,31,38)(H,32,39). The lowest BCUT2D eigenvalue weighted by molar-refractivity contribution is -0.137. The molecular weight excluding hydrogens is 527 g/mol. The lowest BCUT2D eigenvalue weighted by atomic mass is 10.0. The van der Waals surface area contributed by atoms with Crippen molar-refractivity contribution in [2.75, 3.05) is 5.32 Å². The van der Waals surface area contributed by atoms with E-state index >= 15 is 0 Å². The highest BCUT2D eigenvalue weighted by Gasteiger charge is 2.33. The molecule has 0 unspecified atom stereocenters. The molecule has 10 nitrogen and oxygen atoms in total. The van der Waals surface area contributed by atoms with Crippen molar-refractivity contribution in [3.05, 3.63) is 99.4 Å². The summed E-state index contributed by atoms with van der Waals surface area (Å²) in [5, 5.41) is 11.3. The van der Waals surface area contributed by atoms with Crippen LogP contribution in [-0.2, 0) is 13.2 Å². The second-order valence-corrected chi connectivity index (χ2v) is 9.12. The van der Waals surface area contributed by atoms with Crippen LogP contribution in [0.15, 0.2) is 65.5 Å². The van der Waals surface area contributed by atoms with Crippen LogP contribution in [0.2, 0.25) is 0 Å². The van der Waals surface area contributed by atoms with Gasteiger partial charge in [-0.25, -0.2) is 18.7 Å². The molecule has 40 heavy (non-hydrogen) atoms. The normalized spacial score (nSPS) is 11.7. The van der Waals surface area contributed by atoms with Crippen molar-refractivity contribution >= 4 is 28.4 Å². The molecule has 0 fully saturated rings. The number of nitrogens with one attached hydrogen (secondary N) is 1. The van der Waals surface area contributed by atoms with E-state index in [1.807, 2.05) is 0 Å². The Morgan fingerprint density at radius 3 is 2.23 bits per heavy atom. The van der Waals surface area contributed by atoms with Gasteiger partial charge >= 0.3 is 11.9 Å². The molecule has 0 radical (unpaired) electrons. The van der Waals surface area contributed by atoms with Crippen LogP contribution in [0.4, 0.5) is 18.9 Å². The minimum atomic E-state index is -4.73. The summed E-state index contributed by atoms with van der Waals surface area (Å²) in [5.41, 5.74) is 5.43. The number of benzene rings is 3. The van der Waals surface area contributed by atoms with Gasteiger partial charge in [0.15, 0.2) is 0 Å². The number of rotatable bonds is 5. The van der Waals surface area contributed by atoms with Gasteiger partial charge < -0.3 is 11.1 Å². The summed E-state index contributed by atoms with van der Waals surface area (Å²) >= 11 is 0. The van der Waals surface area contributed by atoms with Gasteiger partial charge in [-0.05, 0) is 68.4 Å². The monoisotopic (exact) mass is 549 g/mol. The molecule has 0 saturated heterocycles. The number of amides is 2. The number of nitrogens with two attached hydrogens (primary N) is 1. The van der Waals surface area contributed by atoms with Gasteiger partial charge in [0.05, 0.1) is 28.0 Å². The van der Waals surface area contributed by atoms with Gasteiger partial charge in [-0.1, -0.05) is 6.07 Å². The van der Waals surface area contributed by atoms with Crippen LogP contribution in [0.25, 0.3) is 22.3 Å². The topological polar surface area (TPSA) is 130 Å². The molecule has 5 aromatic rings. The maximum Gasteiger partial charge on any atom is 0.416 e. The minimum absolute atomic E-state index is 0.0354. The Hall–Kier alpha value is -5.20. The molecule has 0 aliphatic heterocycles. The largest absolute Gasteiger partial charge is 0.416 e. The zero-order valence-electron chi connectivity index (χ0n) is 21.4. The first-order valence-corrected chi connectivity index (χ1v) is 11.9. The third kappa shape index (κ3) is 4.61. The van der Waals surface area contributed by atoms with Gasteiger partial charge in [-0.15, -0.1) is 0 Å². The first-order chi connectivity index (χ1) is 18.8. The summed E-state index contributed by atoms with van der Waals surface area (Å²) in [7, 11) is 1.54. The number of aryl methyl sites for hydroxylation is 3. The number of anilines is 1. The number of halogens is 3. The predicted molar refractivity (Wildman–Crippen MR) is 141 cm³/mol. The van der Waals surface area contributed by atoms with Gasteiger partial charge in [0, 0.05) is 29.4 Å². The second kappa shape index (κ2) is 9.52. The highest BCUT2D eigenvalue weighted by Crippen LogP contribution is 2.35. The number of fused-ring (bicyclic) bond motifs is 1. The molecule has 0 atom stereocenters. The number of aromatic nitrogens is 5. The second-order valence-electron chi connectivity index (χ2n) is 9.12. The lowest BCUT2D eigenvalue weighted by Gasteiger charge is -2.12. The third-order valence-electron chi connectivity index (χ3n) is 6.42. The Balaban J connectivity index is 1.60. The lowest BCUT2D eigenvalue weighted by Crippen LogP contribution is -2.21. The average molecular weight is 550 g/mol. The van der Waals surface area contributed by atoms with Crippen LogP contribution in [-0.4, -0.2) is 35.9 Å². The predicted octanol–water partition coefficient (Wildman–Crippen LogP) is 3.90. The number of primary amides is 1. The van der Waals surface area contributed by atoms with Crippen LogP contribution >= 0.6 is 0 Å². The zero-order chi connectivity index (χ0) is 28.9. The van der Waals surface area contributed by atoms with Crippen LogP contribution in [0.5, 0.6) is 0 Å². The van der Waals surface area contributed by atoms with E-state index in [9.17, 15) is 27.6 Å². The summed E-state index contributed by atoms with van der Waals surface area (Å²) in [6, 6.07) is 14.1. The van der Waals surface area contributed by atoms with Crippen molar-refractivity contribution in [2.45, 2.75) is 20.0 Å². The van der Waals surface area contributed by atoms with Crippen LogP contribution < -0.4 is 16.7 Å². The Labute approximate surface area is 224 Å². The summed E-state index contributed by atoms with van der Waals surface area (Å²) in [5.74, 6) is -1.05. The number of carbonyl (C=O) groups is 2. The van der Waals surface area contributed by atoms with E-state index < -0.39 is 23.6 Å². The molecule has 5 rings (SSSR count). The van der Waals surface area contributed by atoms with E-state index in [0.717, 1.165) is 12.1 Å². The zero-order valence-corrected chi connectivity index (χ0v) is 21.4. The SMILES string of the molecule is Cc1c2c(C(=O)Nc3cccc(C(N)=O)c3)cc(C(F)(F)F)cc2nn1-c1ccc(-n2c(C)nn(C)c2=O)cc1. The molecular formula is C27H22F3N7O3. The fraction of sp³-hybridized carbons (Fsp3) is 0.148. The number of nitrogens with zero attached hydrogens (tertiary/aromatic N) is 5. The van der Waals surface area contributed by atoms with E-state index in [-0.39, 0.29) is 33.4 Å². The van der Waals surface area contributed by atoms with Crippen LogP contribution in [0, 0.1) is 13.8 Å². The Morgan fingerprint density at radius 1 is 0.950 bits per heavy atom. The Bertz CT molecular complexity index is 1870. The van der Waals surface area contributed by atoms with E-state index in [1.54, 1.807) is 38.1 Å². The molecule has 204 valence electrons. The van der Waals surface area contributed by atoms with Crippen molar-refractivity contribution in [3.63, 3.8) is 0 Å². The number of alkyl halides is 3. The number of hydrogen-bond acceptors (Lipinski definition) is 5. The Morgan fingerprint density at radius 2 is 1.62 bits per heavy atom. The van der Waals surface area contributed by atoms with E-state index in [2.05, 4.69) is 15.5 Å². The quantitative estimate of drug-likeness (QED) is 0.344. The molecule has 2 amide bonds. The summed E-state index contributed by atoms with van der Waals surface area (Å²) in [6.07, 6.45) is -4.73. The molecule has 3 N–H and O–H groups in total. The van der Waals surface area contributed by atoms with Gasteiger partial charge in [0.1, 0.15) is 5.82 Å². The van der Waals surface area contributed by atoms with Crippen molar-refractivity contribution in [1.29, 1.82) is 0 Å². The molecule has 0 aliphatic rings. The summed E-state index contributed by atoms with van der Waals surface area (Å²) in [6.45, 7) is 3.32. The molecule has 3 aromatic carbocycles. The maximum absolute atomic E-state index is 13.8. The first-order valence-electron chi connectivity index (χ1n) is 11.9. The third-order valence-corrected chi connectivity index (χ3v) is 6.42. The summed E-state index contributed by atoms with van der Waals surface area (Å²) < 4.78 is 45.4. The molecule has 0 bridgehead atoms. The average Bonchev–Trinajstić information content (AvgIpc) is 3.37. The molecule has 2 heterocycles. The smallest absolute Gasteiger partial charge is 0.366 e. The maximum atomic E-state index is 13.8. The number of carbonyl (C=O) groups excluding carboxylic acids is 2. The minimum Gasteiger partial charge on any atom is -0.366 e. The van der Waals surface area contributed by atoms with Gasteiger partial charge in [0.25, 0.3) is 5.91 Å². The van der Waals surface area contributed by atoms with Crippen molar-refractivity contribution < 1.29 is 22.8 Å². The van der Waals surface area contributed by atoms with E-state index in [1.165, 1.54) is 45.2 Å². The fourth-order valence-corrected chi connectivity index (χ4v) is 4.55. The fourth-order valence-electron chi connectivity index (χ4n) is 4.55. The highest BCUT2D eigenvalue weighted by molar-refractivity contribution is 6.13.